The summed E-state index contributed by atoms with van der Waals surface area (Å²) in [5.41, 5.74) is 1.03. The van der Waals surface area contributed by atoms with E-state index in [0.29, 0.717) is 5.88 Å². The Labute approximate surface area is 131 Å². The highest BCUT2D eigenvalue weighted by Gasteiger charge is 2.39. The summed E-state index contributed by atoms with van der Waals surface area (Å²) in [6.07, 6.45) is 8.36. The Balaban J connectivity index is 1.36. The van der Waals surface area contributed by atoms with Gasteiger partial charge in [0.2, 0.25) is 0 Å². The number of fused-ring (bicyclic) bond motifs is 2. The monoisotopic (exact) mass is 312 g/mol. The Morgan fingerprint density at radius 3 is 2.95 bits per heavy atom. The molecule has 4 heteroatoms. The molecule has 0 aromatic carbocycles. The molecule has 2 aliphatic carbocycles. The van der Waals surface area contributed by atoms with E-state index in [2.05, 4.69) is 22.3 Å². The molecular formula is C16H25ClN2S. The summed E-state index contributed by atoms with van der Waals surface area (Å²) >= 11 is 7.54. The lowest BCUT2D eigenvalue weighted by atomic mass is 9.88. The molecule has 1 heterocycles. The largest absolute Gasteiger partial charge is 0.306 e. The second-order valence-electron chi connectivity index (χ2n) is 6.67. The minimum absolute atomic E-state index is 0.542. The maximum atomic E-state index is 5.79. The second-order valence-corrected chi connectivity index (χ2v) is 7.88. The first kappa shape index (κ1) is 14.8. The van der Waals surface area contributed by atoms with Gasteiger partial charge in [-0.1, -0.05) is 6.42 Å². The summed E-state index contributed by atoms with van der Waals surface area (Å²) in [4.78, 5) is 7.07. The SMILES string of the molecule is CN(CCCc1nc(CCl)cs1)CC1CC2CCC1C2. The van der Waals surface area contributed by atoms with Gasteiger partial charge in [0.05, 0.1) is 16.6 Å². The molecule has 2 nitrogen and oxygen atoms in total. The van der Waals surface area contributed by atoms with Crippen LogP contribution < -0.4 is 0 Å². The minimum atomic E-state index is 0.542. The summed E-state index contributed by atoms with van der Waals surface area (Å²) in [6.45, 7) is 2.51. The van der Waals surface area contributed by atoms with Gasteiger partial charge < -0.3 is 4.90 Å². The molecule has 112 valence electrons. The summed E-state index contributed by atoms with van der Waals surface area (Å²) in [7, 11) is 2.29. The van der Waals surface area contributed by atoms with E-state index < -0.39 is 0 Å². The lowest BCUT2D eigenvalue weighted by molar-refractivity contribution is 0.218. The van der Waals surface area contributed by atoms with Crippen molar-refractivity contribution in [2.45, 2.75) is 44.4 Å². The number of aromatic nitrogens is 1. The Kier molecular flexibility index (Phi) is 5.00. The predicted octanol–water partition coefficient (Wildman–Crippen LogP) is 4.18. The Hall–Kier alpha value is -0.120. The van der Waals surface area contributed by atoms with Crippen LogP contribution in [-0.4, -0.2) is 30.0 Å². The van der Waals surface area contributed by atoms with E-state index in [1.54, 1.807) is 11.3 Å². The van der Waals surface area contributed by atoms with Crippen molar-refractivity contribution in [3.05, 3.63) is 16.1 Å². The van der Waals surface area contributed by atoms with Crippen LogP contribution in [0.25, 0.3) is 0 Å². The predicted molar refractivity (Wildman–Crippen MR) is 86.4 cm³/mol. The third kappa shape index (κ3) is 3.55. The third-order valence-electron chi connectivity index (χ3n) is 5.10. The molecule has 3 unspecified atom stereocenters. The zero-order valence-electron chi connectivity index (χ0n) is 12.4. The number of hydrogen-bond acceptors (Lipinski definition) is 3. The summed E-state index contributed by atoms with van der Waals surface area (Å²) in [5.74, 6) is 3.65. The van der Waals surface area contributed by atoms with Gasteiger partial charge in [0.15, 0.2) is 0 Å². The van der Waals surface area contributed by atoms with Crippen LogP contribution in [0.4, 0.5) is 0 Å². The van der Waals surface area contributed by atoms with Gasteiger partial charge in [0.1, 0.15) is 0 Å². The van der Waals surface area contributed by atoms with Crippen molar-refractivity contribution in [3.8, 4) is 0 Å². The average molecular weight is 313 g/mol. The lowest BCUT2D eigenvalue weighted by Gasteiger charge is -2.27. The first-order valence-electron chi connectivity index (χ1n) is 7.92. The molecule has 2 bridgehead atoms. The van der Waals surface area contributed by atoms with Gasteiger partial charge >= 0.3 is 0 Å². The van der Waals surface area contributed by atoms with E-state index in [-0.39, 0.29) is 0 Å². The van der Waals surface area contributed by atoms with Crippen molar-refractivity contribution in [2.75, 3.05) is 20.1 Å². The zero-order chi connectivity index (χ0) is 13.9. The van der Waals surface area contributed by atoms with Crippen molar-refractivity contribution in [3.63, 3.8) is 0 Å². The zero-order valence-corrected chi connectivity index (χ0v) is 13.9. The van der Waals surface area contributed by atoms with Crippen LogP contribution in [0.2, 0.25) is 0 Å². The standard InChI is InChI=1S/C16H25ClN2S/c1-19(10-14-8-12-4-5-13(14)7-12)6-2-3-16-18-15(9-17)11-20-16/h11-14H,2-10H2,1H3. The molecule has 2 aliphatic rings. The van der Waals surface area contributed by atoms with E-state index in [1.807, 2.05) is 0 Å². The van der Waals surface area contributed by atoms with Crippen molar-refractivity contribution < 1.29 is 0 Å². The van der Waals surface area contributed by atoms with E-state index >= 15 is 0 Å². The molecule has 0 spiro atoms. The highest BCUT2D eigenvalue weighted by molar-refractivity contribution is 7.09. The molecule has 2 saturated carbocycles. The normalized spacial score (nSPS) is 28.6. The van der Waals surface area contributed by atoms with Gasteiger partial charge in [-0.2, -0.15) is 0 Å². The van der Waals surface area contributed by atoms with E-state index in [9.17, 15) is 0 Å². The van der Waals surface area contributed by atoms with E-state index in [0.717, 1.165) is 29.9 Å². The molecule has 0 amide bonds. The number of alkyl halides is 1. The fraction of sp³-hybridized carbons (Fsp3) is 0.812. The molecule has 3 rings (SSSR count). The number of halogens is 1. The molecule has 1 aromatic rings. The van der Waals surface area contributed by atoms with Crippen LogP contribution in [-0.2, 0) is 12.3 Å². The van der Waals surface area contributed by atoms with Gasteiger partial charge in [-0.25, -0.2) is 4.98 Å². The van der Waals surface area contributed by atoms with Crippen LogP contribution >= 0.6 is 22.9 Å². The van der Waals surface area contributed by atoms with Crippen LogP contribution in [0.15, 0.2) is 5.38 Å². The van der Waals surface area contributed by atoms with Gasteiger partial charge in [0, 0.05) is 18.3 Å². The number of hydrogen-bond donors (Lipinski definition) is 0. The van der Waals surface area contributed by atoms with E-state index in [4.69, 9.17) is 11.6 Å². The van der Waals surface area contributed by atoms with Crippen LogP contribution in [0.5, 0.6) is 0 Å². The average Bonchev–Trinajstić information content (AvgIpc) is 3.14. The molecular weight excluding hydrogens is 288 g/mol. The van der Waals surface area contributed by atoms with Gasteiger partial charge in [-0.15, -0.1) is 22.9 Å². The first-order valence-corrected chi connectivity index (χ1v) is 9.33. The summed E-state index contributed by atoms with van der Waals surface area (Å²) < 4.78 is 0. The van der Waals surface area contributed by atoms with Crippen LogP contribution in [0.1, 0.15) is 42.8 Å². The smallest absolute Gasteiger partial charge is 0.0929 e. The van der Waals surface area contributed by atoms with Crippen molar-refractivity contribution in [2.24, 2.45) is 17.8 Å². The van der Waals surface area contributed by atoms with Crippen LogP contribution in [0.3, 0.4) is 0 Å². The topological polar surface area (TPSA) is 16.1 Å². The van der Waals surface area contributed by atoms with Crippen LogP contribution in [0, 0.1) is 17.8 Å². The number of nitrogens with zero attached hydrogens (tertiary/aromatic N) is 2. The second kappa shape index (κ2) is 6.76. The number of aryl methyl sites for hydroxylation is 1. The highest BCUT2D eigenvalue weighted by atomic mass is 35.5. The quantitative estimate of drug-likeness (QED) is 0.702. The van der Waals surface area contributed by atoms with Crippen molar-refractivity contribution in [1.29, 1.82) is 0 Å². The highest BCUT2D eigenvalue weighted by Crippen LogP contribution is 2.48. The Morgan fingerprint density at radius 1 is 1.40 bits per heavy atom. The molecule has 0 N–H and O–H groups in total. The lowest BCUT2D eigenvalue weighted by Crippen LogP contribution is -2.29. The summed E-state index contributed by atoms with van der Waals surface area (Å²) in [6, 6.07) is 0. The molecule has 1 aromatic heterocycles. The van der Waals surface area contributed by atoms with Crippen molar-refractivity contribution >= 4 is 22.9 Å². The van der Waals surface area contributed by atoms with Gasteiger partial charge in [-0.05, 0) is 57.0 Å². The fourth-order valence-corrected chi connectivity index (χ4v) is 5.19. The Bertz CT molecular complexity index is 434. The first-order chi connectivity index (χ1) is 9.74. The van der Waals surface area contributed by atoms with Gasteiger partial charge in [0.25, 0.3) is 0 Å². The molecule has 0 radical (unpaired) electrons. The summed E-state index contributed by atoms with van der Waals surface area (Å²) in [5, 5.41) is 3.33. The Morgan fingerprint density at radius 2 is 2.30 bits per heavy atom. The maximum absolute atomic E-state index is 5.79. The molecule has 0 aliphatic heterocycles. The molecule has 3 atom stereocenters. The van der Waals surface area contributed by atoms with E-state index in [1.165, 1.54) is 50.2 Å². The van der Waals surface area contributed by atoms with Crippen molar-refractivity contribution in [1.82, 2.24) is 9.88 Å². The van der Waals surface area contributed by atoms with Gasteiger partial charge in [-0.3, -0.25) is 0 Å². The number of rotatable bonds is 7. The fourth-order valence-electron chi connectivity index (χ4n) is 4.12. The molecule has 20 heavy (non-hydrogen) atoms. The third-order valence-corrected chi connectivity index (χ3v) is 6.33. The minimum Gasteiger partial charge on any atom is -0.306 e. The molecule has 2 fully saturated rings. The molecule has 0 saturated heterocycles. The number of thiazole rings is 1. The maximum Gasteiger partial charge on any atom is 0.0929 e.